The average Bonchev–Trinajstić information content (AvgIpc) is 2.80. The highest BCUT2D eigenvalue weighted by Crippen LogP contribution is 2.26. The number of nitrogens with one attached hydrogen (secondary N) is 2. The minimum atomic E-state index is -0.0542. The van der Waals surface area contributed by atoms with Crippen molar-refractivity contribution in [2.45, 2.75) is 0 Å². The number of hydrazone groups is 1. The number of aliphatic hydroxyl groups is 1. The fourth-order valence-electron chi connectivity index (χ4n) is 2.73. The fourth-order valence-corrected chi connectivity index (χ4v) is 2.86. The van der Waals surface area contributed by atoms with E-state index in [4.69, 9.17) is 21.4 Å². The molecule has 2 aromatic carbocycles. The molecule has 0 radical (unpaired) electrons. The first-order valence-electron chi connectivity index (χ1n) is 9.34. The molecule has 156 valence electrons. The lowest BCUT2D eigenvalue weighted by molar-refractivity contribution is 0.201. The number of ether oxygens (including phenoxy) is 1. The fraction of sp³-hybridized carbons (Fsp3) is 0.0952. The van der Waals surface area contributed by atoms with Gasteiger partial charge in [-0.15, -0.1) is 0 Å². The Morgan fingerprint density at radius 1 is 0.968 bits per heavy atom. The third-order valence-electron chi connectivity index (χ3n) is 4.13. The van der Waals surface area contributed by atoms with Crippen LogP contribution in [-0.4, -0.2) is 44.5 Å². The average molecular weight is 436 g/mol. The van der Waals surface area contributed by atoms with Crippen molar-refractivity contribution in [3.63, 3.8) is 0 Å². The number of halogens is 1. The topological polar surface area (TPSA) is 117 Å². The normalized spacial score (nSPS) is 11.0. The number of hydrogen-bond acceptors (Lipinski definition) is 9. The molecule has 0 saturated heterocycles. The van der Waals surface area contributed by atoms with E-state index in [9.17, 15) is 0 Å². The standard InChI is InChI=1S/C21H18ClN7O2/c22-15-6-4-14(5-7-15)11-27-29-21-19-18(23-13-26-21)20(25-12-24-19)28-16-2-1-3-17(10-16)31-9-8-30/h1-7,10-13,30H,8-9H2,(H,23,26,29)(H,24,25,28). The van der Waals surface area contributed by atoms with Crippen LogP contribution in [0.1, 0.15) is 5.56 Å². The van der Waals surface area contributed by atoms with Gasteiger partial charge in [-0.1, -0.05) is 29.8 Å². The van der Waals surface area contributed by atoms with E-state index >= 15 is 0 Å². The van der Waals surface area contributed by atoms with Gasteiger partial charge in [0, 0.05) is 16.8 Å². The van der Waals surface area contributed by atoms with Gasteiger partial charge in [0.2, 0.25) is 0 Å². The molecule has 0 amide bonds. The lowest BCUT2D eigenvalue weighted by Crippen LogP contribution is -2.03. The van der Waals surface area contributed by atoms with Crippen LogP contribution in [-0.2, 0) is 0 Å². The first kappa shape index (κ1) is 20.5. The van der Waals surface area contributed by atoms with E-state index in [0.717, 1.165) is 11.3 Å². The molecule has 31 heavy (non-hydrogen) atoms. The van der Waals surface area contributed by atoms with E-state index in [1.165, 1.54) is 12.7 Å². The first-order valence-corrected chi connectivity index (χ1v) is 9.72. The van der Waals surface area contributed by atoms with Gasteiger partial charge in [0.25, 0.3) is 0 Å². The van der Waals surface area contributed by atoms with Gasteiger partial charge >= 0.3 is 0 Å². The quantitative estimate of drug-likeness (QED) is 0.283. The molecule has 0 aliphatic heterocycles. The maximum atomic E-state index is 8.92. The summed E-state index contributed by atoms with van der Waals surface area (Å²) in [6, 6.07) is 14.6. The second kappa shape index (κ2) is 9.79. The summed E-state index contributed by atoms with van der Waals surface area (Å²) in [5.74, 6) is 1.59. The summed E-state index contributed by atoms with van der Waals surface area (Å²) in [6.45, 7) is 0.167. The summed E-state index contributed by atoms with van der Waals surface area (Å²) in [5, 5.41) is 17.0. The van der Waals surface area contributed by atoms with Gasteiger partial charge in [-0.05, 0) is 29.8 Å². The molecule has 0 bridgehead atoms. The number of benzene rings is 2. The van der Waals surface area contributed by atoms with E-state index in [0.29, 0.717) is 33.4 Å². The Balaban J connectivity index is 1.56. The third-order valence-corrected chi connectivity index (χ3v) is 4.38. The monoisotopic (exact) mass is 435 g/mol. The number of hydrogen-bond donors (Lipinski definition) is 3. The van der Waals surface area contributed by atoms with Crippen molar-refractivity contribution in [1.29, 1.82) is 0 Å². The SMILES string of the molecule is OCCOc1cccc(Nc2ncnc3c(NN=Cc4ccc(Cl)cc4)ncnc23)c1. The third kappa shape index (κ3) is 5.21. The molecule has 2 heterocycles. The van der Waals surface area contributed by atoms with Crippen molar-refractivity contribution in [2.24, 2.45) is 5.10 Å². The maximum absolute atomic E-state index is 8.92. The molecular formula is C21H18ClN7O2. The highest BCUT2D eigenvalue weighted by Gasteiger charge is 2.10. The first-order chi connectivity index (χ1) is 15.2. The van der Waals surface area contributed by atoms with Crippen molar-refractivity contribution in [3.05, 3.63) is 71.8 Å². The van der Waals surface area contributed by atoms with Crippen LogP contribution < -0.4 is 15.5 Å². The summed E-state index contributed by atoms with van der Waals surface area (Å²) < 4.78 is 5.45. The molecule has 4 aromatic rings. The van der Waals surface area contributed by atoms with Crippen molar-refractivity contribution in [3.8, 4) is 5.75 Å². The molecular weight excluding hydrogens is 418 g/mol. The Kier molecular flexibility index (Phi) is 6.46. The molecule has 4 rings (SSSR count). The van der Waals surface area contributed by atoms with Crippen LogP contribution in [0.2, 0.25) is 5.02 Å². The lowest BCUT2D eigenvalue weighted by atomic mass is 10.2. The van der Waals surface area contributed by atoms with Gasteiger partial charge in [-0.2, -0.15) is 5.10 Å². The van der Waals surface area contributed by atoms with Crippen molar-refractivity contribution in [2.75, 3.05) is 24.0 Å². The largest absolute Gasteiger partial charge is 0.491 e. The van der Waals surface area contributed by atoms with Crippen molar-refractivity contribution < 1.29 is 9.84 Å². The second-order valence-electron chi connectivity index (χ2n) is 6.29. The van der Waals surface area contributed by atoms with Crippen LogP contribution in [0, 0.1) is 0 Å². The van der Waals surface area contributed by atoms with Crippen LogP contribution in [0.15, 0.2) is 66.3 Å². The molecule has 0 saturated carbocycles. The number of nitrogens with zero attached hydrogens (tertiary/aromatic N) is 5. The molecule has 9 nitrogen and oxygen atoms in total. The highest BCUT2D eigenvalue weighted by molar-refractivity contribution is 6.30. The number of rotatable bonds is 8. The highest BCUT2D eigenvalue weighted by atomic mass is 35.5. The number of anilines is 3. The predicted molar refractivity (Wildman–Crippen MR) is 120 cm³/mol. The van der Waals surface area contributed by atoms with E-state index in [1.807, 2.05) is 30.3 Å². The van der Waals surface area contributed by atoms with Crippen LogP contribution in [0.25, 0.3) is 11.0 Å². The summed E-state index contributed by atoms with van der Waals surface area (Å²) in [4.78, 5) is 17.1. The summed E-state index contributed by atoms with van der Waals surface area (Å²) >= 11 is 5.90. The van der Waals surface area contributed by atoms with Gasteiger partial charge in [-0.3, -0.25) is 5.43 Å². The zero-order chi connectivity index (χ0) is 21.5. The zero-order valence-corrected chi connectivity index (χ0v) is 17.0. The predicted octanol–water partition coefficient (Wildman–Crippen LogP) is 3.63. The Bertz CT molecular complexity index is 1200. The van der Waals surface area contributed by atoms with Gasteiger partial charge in [0.05, 0.1) is 12.8 Å². The molecule has 0 fully saturated rings. The van der Waals surface area contributed by atoms with Crippen molar-refractivity contribution in [1.82, 2.24) is 19.9 Å². The number of aromatic nitrogens is 4. The van der Waals surface area contributed by atoms with Crippen LogP contribution in [0.3, 0.4) is 0 Å². The Hall–Kier alpha value is -3.82. The van der Waals surface area contributed by atoms with E-state index < -0.39 is 0 Å². The molecule has 0 spiro atoms. The van der Waals surface area contributed by atoms with Gasteiger partial charge < -0.3 is 15.2 Å². The summed E-state index contributed by atoms with van der Waals surface area (Å²) in [5.41, 5.74) is 5.58. The van der Waals surface area contributed by atoms with Gasteiger partial charge in [0.1, 0.15) is 36.0 Å². The Morgan fingerprint density at radius 3 is 2.48 bits per heavy atom. The zero-order valence-electron chi connectivity index (χ0n) is 16.2. The van der Waals surface area contributed by atoms with Crippen molar-refractivity contribution >= 4 is 46.2 Å². The maximum Gasteiger partial charge on any atom is 0.176 e. The molecule has 0 unspecified atom stereocenters. The lowest BCUT2D eigenvalue weighted by Gasteiger charge is -2.10. The molecule has 0 aliphatic carbocycles. The van der Waals surface area contributed by atoms with Crippen LogP contribution in [0.5, 0.6) is 5.75 Å². The summed E-state index contributed by atoms with van der Waals surface area (Å²) in [6.07, 6.45) is 4.49. The van der Waals surface area contributed by atoms with Crippen LogP contribution >= 0.6 is 11.6 Å². The van der Waals surface area contributed by atoms with Gasteiger partial charge in [-0.25, -0.2) is 19.9 Å². The second-order valence-corrected chi connectivity index (χ2v) is 6.72. The van der Waals surface area contributed by atoms with E-state index in [1.54, 1.807) is 24.4 Å². The molecule has 3 N–H and O–H groups in total. The Labute approximate surface area is 182 Å². The van der Waals surface area contributed by atoms with Crippen LogP contribution in [0.4, 0.5) is 17.3 Å². The minimum Gasteiger partial charge on any atom is -0.491 e. The minimum absolute atomic E-state index is 0.0542. The molecule has 0 atom stereocenters. The molecule has 2 aromatic heterocycles. The molecule has 0 aliphatic rings. The smallest absolute Gasteiger partial charge is 0.176 e. The Morgan fingerprint density at radius 2 is 1.71 bits per heavy atom. The summed E-state index contributed by atoms with van der Waals surface area (Å²) in [7, 11) is 0. The molecule has 10 heteroatoms. The number of aliphatic hydroxyl groups excluding tert-OH is 1. The number of fused-ring (bicyclic) bond motifs is 1. The van der Waals surface area contributed by atoms with E-state index in [2.05, 4.69) is 35.8 Å². The van der Waals surface area contributed by atoms with E-state index in [-0.39, 0.29) is 13.2 Å². The van der Waals surface area contributed by atoms with Gasteiger partial charge in [0.15, 0.2) is 11.6 Å².